The maximum absolute atomic E-state index is 5.72. The second kappa shape index (κ2) is 5.93. The molecule has 0 aliphatic carbocycles. The summed E-state index contributed by atoms with van der Waals surface area (Å²) in [5, 5.41) is 3.30. The van der Waals surface area contributed by atoms with Crippen LogP contribution in [-0.4, -0.2) is 41.0 Å². The van der Waals surface area contributed by atoms with Crippen molar-refractivity contribution in [3.63, 3.8) is 0 Å². The molecular weight excluding hydrogens is 234 g/mol. The van der Waals surface area contributed by atoms with Gasteiger partial charge >= 0.3 is 0 Å². The quantitative estimate of drug-likeness (QED) is 0.878. The molecule has 0 radical (unpaired) electrons. The van der Waals surface area contributed by atoms with E-state index in [0.29, 0.717) is 23.9 Å². The van der Waals surface area contributed by atoms with Crippen molar-refractivity contribution >= 4 is 0 Å². The van der Waals surface area contributed by atoms with E-state index in [1.54, 1.807) is 21.3 Å². The van der Waals surface area contributed by atoms with Crippen LogP contribution in [0.2, 0.25) is 0 Å². The molecule has 0 amide bonds. The van der Waals surface area contributed by atoms with Crippen molar-refractivity contribution in [2.75, 3.05) is 41.0 Å². The summed E-state index contributed by atoms with van der Waals surface area (Å²) in [5.41, 5.74) is 1.02. The van der Waals surface area contributed by atoms with Gasteiger partial charge in [0, 0.05) is 13.1 Å². The van der Waals surface area contributed by atoms with Crippen LogP contribution in [0.25, 0.3) is 0 Å². The lowest BCUT2D eigenvalue weighted by atomic mass is 10.1. The molecule has 0 spiro atoms. The Labute approximate surface area is 107 Å². The Balaban J connectivity index is 2.35. The van der Waals surface area contributed by atoms with Gasteiger partial charge in [-0.15, -0.1) is 0 Å². The number of benzene rings is 1. The monoisotopic (exact) mass is 253 g/mol. The van der Waals surface area contributed by atoms with Gasteiger partial charge in [-0.25, -0.2) is 0 Å². The largest absolute Gasteiger partial charge is 0.493 e. The molecular formula is C13H19NO4. The van der Waals surface area contributed by atoms with Crippen LogP contribution in [0, 0.1) is 0 Å². The van der Waals surface area contributed by atoms with E-state index >= 15 is 0 Å². The Morgan fingerprint density at radius 3 is 2.22 bits per heavy atom. The van der Waals surface area contributed by atoms with E-state index in [2.05, 4.69) is 5.32 Å². The summed E-state index contributed by atoms with van der Waals surface area (Å²) in [6.45, 7) is 2.39. The van der Waals surface area contributed by atoms with E-state index in [4.69, 9.17) is 18.9 Å². The molecule has 0 saturated carbocycles. The summed E-state index contributed by atoms with van der Waals surface area (Å²) in [4.78, 5) is 0. The lowest BCUT2D eigenvalue weighted by molar-refractivity contribution is 0.0274. The Morgan fingerprint density at radius 1 is 1.11 bits per heavy atom. The minimum Gasteiger partial charge on any atom is -0.493 e. The number of nitrogens with one attached hydrogen (secondary N) is 1. The molecule has 1 aliphatic heterocycles. The Bertz CT molecular complexity index is 377. The number of rotatable bonds is 4. The van der Waals surface area contributed by atoms with Crippen LogP contribution in [0.3, 0.4) is 0 Å². The smallest absolute Gasteiger partial charge is 0.203 e. The van der Waals surface area contributed by atoms with Gasteiger partial charge in [-0.2, -0.15) is 0 Å². The molecule has 1 aromatic rings. The van der Waals surface area contributed by atoms with Crippen LogP contribution in [0.5, 0.6) is 17.2 Å². The van der Waals surface area contributed by atoms with Crippen molar-refractivity contribution < 1.29 is 18.9 Å². The molecule has 1 heterocycles. The third kappa shape index (κ3) is 2.52. The molecule has 1 aromatic carbocycles. The molecule has 1 saturated heterocycles. The zero-order valence-corrected chi connectivity index (χ0v) is 11.0. The van der Waals surface area contributed by atoms with Gasteiger partial charge in [0.15, 0.2) is 11.5 Å². The van der Waals surface area contributed by atoms with Crippen molar-refractivity contribution in [2.45, 2.75) is 6.10 Å². The lowest BCUT2D eigenvalue weighted by Gasteiger charge is -2.25. The minimum atomic E-state index is 0.0208. The van der Waals surface area contributed by atoms with Crippen molar-refractivity contribution in [2.24, 2.45) is 0 Å². The van der Waals surface area contributed by atoms with Crippen molar-refractivity contribution in [3.05, 3.63) is 17.7 Å². The third-order valence-electron chi connectivity index (χ3n) is 2.99. The van der Waals surface area contributed by atoms with E-state index in [1.807, 2.05) is 12.1 Å². The summed E-state index contributed by atoms with van der Waals surface area (Å²) < 4.78 is 21.7. The molecule has 1 unspecified atom stereocenters. The van der Waals surface area contributed by atoms with Gasteiger partial charge in [-0.3, -0.25) is 0 Å². The number of hydrogen-bond acceptors (Lipinski definition) is 5. The van der Waals surface area contributed by atoms with Gasteiger partial charge < -0.3 is 24.3 Å². The van der Waals surface area contributed by atoms with Crippen molar-refractivity contribution in [1.82, 2.24) is 5.32 Å². The fourth-order valence-electron chi connectivity index (χ4n) is 2.07. The predicted molar refractivity (Wildman–Crippen MR) is 67.7 cm³/mol. The summed E-state index contributed by atoms with van der Waals surface area (Å²) in [6, 6.07) is 3.86. The van der Waals surface area contributed by atoms with Gasteiger partial charge in [-0.05, 0) is 17.7 Å². The number of hydrogen-bond donors (Lipinski definition) is 1. The molecule has 1 aliphatic rings. The van der Waals surface area contributed by atoms with Gasteiger partial charge in [-0.1, -0.05) is 0 Å². The number of morpholine rings is 1. The standard InChI is InChI=1S/C13H19NO4/c1-15-10-6-9(12-8-14-4-5-18-12)7-11(16-2)13(10)17-3/h6-7,12,14H,4-5,8H2,1-3H3. The normalized spacial score (nSPS) is 19.4. The zero-order valence-electron chi connectivity index (χ0n) is 11.0. The molecule has 0 aromatic heterocycles. The maximum Gasteiger partial charge on any atom is 0.203 e. The highest BCUT2D eigenvalue weighted by Crippen LogP contribution is 2.40. The fourth-order valence-corrected chi connectivity index (χ4v) is 2.07. The first-order valence-electron chi connectivity index (χ1n) is 5.92. The zero-order chi connectivity index (χ0) is 13.0. The second-order valence-electron chi connectivity index (χ2n) is 4.02. The highest BCUT2D eigenvalue weighted by atomic mass is 16.5. The van der Waals surface area contributed by atoms with Crippen LogP contribution in [0.1, 0.15) is 11.7 Å². The van der Waals surface area contributed by atoms with Crippen LogP contribution < -0.4 is 19.5 Å². The van der Waals surface area contributed by atoms with Gasteiger partial charge in [0.25, 0.3) is 0 Å². The molecule has 1 fully saturated rings. The molecule has 2 rings (SSSR count). The third-order valence-corrected chi connectivity index (χ3v) is 2.99. The summed E-state index contributed by atoms with van der Waals surface area (Å²) in [7, 11) is 4.82. The van der Waals surface area contributed by atoms with Crippen molar-refractivity contribution in [3.8, 4) is 17.2 Å². The van der Waals surface area contributed by atoms with Crippen LogP contribution in [-0.2, 0) is 4.74 Å². The molecule has 5 heteroatoms. The summed E-state index contributed by atoms with van der Waals surface area (Å²) in [5.74, 6) is 1.91. The maximum atomic E-state index is 5.72. The van der Waals surface area contributed by atoms with E-state index in [0.717, 1.165) is 18.7 Å². The first kappa shape index (κ1) is 13.0. The molecule has 5 nitrogen and oxygen atoms in total. The van der Waals surface area contributed by atoms with E-state index in [-0.39, 0.29) is 6.10 Å². The average molecular weight is 253 g/mol. The highest BCUT2D eigenvalue weighted by molar-refractivity contribution is 5.54. The SMILES string of the molecule is COc1cc(C2CNCCO2)cc(OC)c1OC. The molecule has 0 bridgehead atoms. The molecule has 100 valence electrons. The van der Waals surface area contributed by atoms with E-state index in [9.17, 15) is 0 Å². The highest BCUT2D eigenvalue weighted by Gasteiger charge is 2.20. The van der Waals surface area contributed by atoms with Gasteiger partial charge in [0.2, 0.25) is 5.75 Å². The van der Waals surface area contributed by atoms with E-state index < -0.39 is 0 Å². The fraction of sp³-hybridized carbons (Fsp3) is 0.538. The first-order chi connectivity index (χ1) is 8.80. The lowest BCUT2D eigenvalue weighted by Crippen LogP contribution is -2.33. The van der Waals surface area contributed by atoms with Crippen molar-refractivity contribution in [1.29, 1.82) is 0 Å². The van der Waals surface area contributed by atoms with Gasteiger partial charge in [0.05, 0.1) is 34.0 Å². The van der Waals surface area contributed by atoms with Crippen LogP contribution in [0.4, 0.5) is 0 Å². The minimum absolute atomic E-state index is 0.0208. The average Bonchev–Trinajstić information content (AvgIpc) is 2.46. The Morgan fingerprint density at radius 2 is 1.78 bits per heavy atom. The summed E-state index contributed by atoms with van der Waals surface area (Å²) in [6.07, 6.45) is 0.0208. The molecule has 18 heavy (non-hydrogen) atoms. The number of methoxy groups -OCH3 is 3. The molecule has 1 N–H and O–H groups in total. The van der Waals surface area contributed by atoms with Crippen LogP contribution >= 0.6 is 0 Å². The van der Waals surface area contributed by atoms with Gasteiger partial charge in [0.1, 0.15) is 0 Å². The first-order valence-corrected chi connectivity index (χ1v) is 5.92. The molecule has 1 atom stereocenters. The topological polar surface area (TPSA) is 49.0 Å². The second-order valence-corrected chi connectivity index (χ2v) is 4.02. The van der Waals surface area contributed by atoms with E-state index in [1.165, 1.54) is 0 Å². The number of ether oxygens (including phenoxy) is 4. The Kier molecular flexibility index (Phi) is 4.28. The summed E-state index contributed by atoms with van der Waals surface area (Å²) >= 11 is 0. The predicted octanol–water partition coefficient (Wildman–Crippen LogP) is 1.37. The Hall–Kier alpha value is -1.46. The van der Waals surface area contributed by atoms with Crippen LogP contribution in [0.15, 0.2) is 12.1 Å².